The first-order valence-corrected chi connectivity index (χ1v) is 16.1. The smallest absolute Gasteiger partial charge is 0.127 e. The van der Waals surface area contributed by atoms with Gasteiger partial charge in [0.1, 0.15) is 17.2 Å². The van der Waals surface area contributed by atoms with E-state index in [9.17, 15) is 10.2 Å². The van der Waals surface area contributed by atoms with Crippen LogP contribution in [0.5, 0.6) is 17.2 Å². The molecule has 0 heterocycles. The van der Waals surface area contributed by atoms with Crippen LogP contribution in [-0.4, -0.2) is 22.6 Å². The second-order valence-corrected chi connectivity index (χ2v) is 14.3. The van der Waals surface area contributed by atoms with E-state index in [-0.39, 0.29) is 16.6 Å². The topological polar surface area (TPSA) is 49.7 Å². The SMILES string of the molecule is C=CCc1ccc(O)c(-c2cc(CC=C)ccc2OCCCCCCSc2cc(C(C)(C)C)c(O)c(C(C)(C)C)c2)c1. The summed E-state index contributed by atoms with van der Waals surface area (Å²) in [7, 11) is 0. The summed E-state index contributed by atoms with van der Waals surface area (Å²) in [6, 6.07) is 16.2. The lowest BCUT2D eigenvalue weighted by Crippen LogP contribution is -2.17. The number of unbranched alkanes of at least 4 members (excludes halogenated alkanes) is 3. The molecule has 0 spiro atoms. The summed E-state index contributed by atoms with van der Waals surface area (Å²) in [6.07, 6.45) is 9.61. The number of benzene rings is 3. The highest BCUT2D eigenvalue weighted by molar-refractivity contribution is 7.99. The highest BCUT2D eigenvalue weighted by atomic mass is 32.2. The summed E-state index contributed by atoms with van der Waals surface area (Å²) in [5.74, 6) is 2.53. The Balaban J connectivity index is 1.56. The highest BCUT2D eigenvalue weighted by Gasteiger charge is 2.26. The summed E-state index contributed by atoms with van der Waals surface area (Å²) in [5.41, 5.74) is 5.75. The first kappa shape index (κ1) is 33.4. The lowest BCUT2D eigenvalue weighted by Gasteiger charge is -2.28. The average molecular weight is 587 g/mol. The number of phenols is 2. The van der Waals surface area contributed by atoms with Gasteiger partial charge in [-0.05, 0) is 89.8 Å². The molecule has 0 atom stereocenters. The van der Waals surface area contributed by atoms with Crippen molar-refractivity contribution in [1.29, 1.82) is 0 Å². The quantitative estimate of drug-likeness (QED) is 0.112. The van der Waals surface area contributed by atoms with E-state index in [1.807, 2.05) is 42.1 Å². The third-order valence-corrected chi connectivity index (χ3v) is 8.48. The van der Waals surface area contributed by atoms with Gasteiger partial charge in [0.15, 0.2) is 0 Å². The van der Waals surface area contributed by atoms with Crippen LogP contribution >= 0.6 is 11.8 Å². The van der Waals surface area contributed by atoms with Gasteiger partial charge in [0.2, 0.25) is 0 Å². The fourth-order valence-corrected chi connectivity index (χ4v) is 6.05. The number of hydrogen-bond acceptors (Lipinski definition) is 4. The second kappa shape index (κ2) is 14.9. The molecular weight excluding hydrogens is 536 g/mol. The highest BCUT2D eigenvalue weighted by Crippen LogP contribution is 2.42. The monoisotopic (exact) mass is 586 g/mol. The Hall–Kier alpha value is -3.11. The van der Waals surface area contributed by atoms with Gasteiger partial charge >= 0.3 is 0 Å². The summed E-state index contributed by atoms with van der Waals surface area (Å²) >= 11 is 1.88. The molecule has 0 saturated carbocycles. The van der Waals surface area contributed by atoms with Gasteiger partial charge in [-0.2, -0.15) is 0 Å². The zero-order chi connectivity index (χ0) is 30.9. The van der Waals surface area contributed by atoms with Crippen LogP contribution in [0.25, 0.3) is 11.1 Å². The Kier molecular flexibility index (Phi) is 11.8. The van der Waals surface area contributed by atoms with Crippen molar-refractivity contribution >= 4 is 11.8 Å². The molecule has 3 nitrogen and oxygen atoms in total. The molecule has 0 aliphatic heterocycles. The summed E-state index contributed by atoms with van der Waals surface area (Å²) in [5, 5.41) is 21.7. The Morgan fingerprint density at radius 3 is 1.83 bits per heavy atom. The van der Waals surface area contributed by atoms with Crippen LogP contribution in [0.2, 0.25) is 0 Å². The predicted octanol–water partition coefficient (Wildman–Crippen LogP) is 10.5. The van der Waals surface area contributed by atoms with Crippen molar-refractivity contribution in [1.82, 2.24) is 0 Å². The maximum atomic E-state index is 11.0. The maximum absolute atomic E-state index is 11.0. The van der Waals surface area contributed by atoms with Gasteiger partial charge in [-0.3, -0.25) is 0 Å². The van der Waals surface area contributed by atoms with Crippen molar-refractivity contribution in [2.45, 2.75) is 95.8 Å². The van der Waals surface area contributed by atoms with E-state index in [2.05, 4.69) is 79.0 Å². The van der Waals surface area contributed by atoms with Gasteiger partial charge in [-0.15, -0.1) is 24.9 Å². The Morgan fingerprint density at radius 2 is 1.26 bits per heavy atom. The minimum atomic E-state index is -0.111. The number of aromatic hydroxyl groups is 2. The van der Waals surface area contributed by atoms with E-state index in [0.29, 0.717) is 12.4 Å². The summed E-state index contributed by atoms with van der Waals surface area (Å²) in [4.78, 5) is 1.24. The van der Waals surface area contributed by atoms with Crippen LogP contribution in [-0.2, 0) is 23.7 Å². The molecule has 0 amide bonds. The van der Waals surface area contributed by atoms with Gasteiger partial charge in [-0.1, -0.05) is 78.7 Å². The molecule has 0 radical (unpaired) electrons. The Labute approximate surface area is 258 Å². The summed E-state index contributed by atoms with van der Waals surface area (Å²) in [6.45, 7) is 21.3. The molecule has 0 bridgehead atoms. The predicted molar refractivity (Wildman–Crippen MR) is 182 cm³/mol. The minimum absolute atomic E-state index is 0.111. The largest absolute Gasteiger partial charge is 0.507 e. The van der Waals surface area contributed by atoms with Gasteiger partial charge in [0.25, 0.3) is 0 Å². The molecule has 0 unspecified atom stereocenters. The van der Waals surface area contributed by atoms with Crippen molar-refractivity contribution in [2.75, 3.05) is 12.4 Å². The fraction of sp³-hybridized carbons (Fsp3) is 0.421. The van der Waals surface area contributed by atoms with E-state index < -0.39 is 0 Å². The van der Waals surface area contributed by atoms with Crippen molar-refractivity contribution in [2.24, 2.45) is 0 Å². The van der Waals surface area contributed by atoms with Crippen molar-refractivity contribution in [3.05, 3.63) is 96.1 Å². The molecule has 4 heteroatoms. The Bertz CT molecular complexity index is 1320. The third kappa shape index (κ3) is 9.19. The number of rotatable bonds is 14. The van der Waals surface area contributed by atoms with E-state index >= 15 is 0 Å². The normalized spacial score (nSPS) is 11.9. The first-order valence-electron chi connectivity index (χ1n) is 15.2. The number of phenolic OH excluding ortho intramolecular Hbond substituents is 2. The fourth-order valence-electron chi connectivity index (χ4n) is 5.06. The van der Waals surface area contributed by atoms with Crippen molar-refractivity contribution in [3.63, 3.8) is 0 Å². The Morgan fingerprint density at radius 1 is 0.714 bits per heavy atom. The zero-order valence-electron chi connectivity index (χ0n) is 26.6. The molecular formula is C38H50O3S. The van der Waals surface area contributed by atoms with Gasteiger partial charge in [0, 0.05) is 27.1 Å². The van der Waals surface area contributed by atoms with Crippen molar-refractivity contribution in [3.8, 4) is 28.4 Å². The number of allylic oxidation sites excluding steroid dienone is 2. The van der Waals surface area contributed by atoms with Crippen LogP contribution in [0.4, 0.5) is 0 Å². The number of hydrogen-bond donors (Lipinski definition) is 2. The zero-order valence-corrected chi connectivity index (χ0v) is 27.4. The molecule has 3 aromatic rings. The van der Waals surface area contributed by atoms with Gasteiger partial charge in [0.05, 0.1) is 6.61 Å². The van der Waals surface area contributed by atoms with E-state index in [4.69, 9.17) is 4.74 Å². The van der Waals surface area contributed by atoms with Crippen LogP contribution in [0.1, 0.15) is 89.5 Å². The molecule has 0 fully saturated rings. The number of ether oxygens (including phenoxy) is 1. The third-order valence-electron chi connectivity index (χ3n) is 7.42. The molecule has 0 aliphatic carbocycles. The van der Waals surface area contributed by atoms with Crippen LogP contribution in [0.15, 0.2) is 78.7 Å². The van der Waals surface area contributed by atoms with Gasteiger partial charge < -0.3 is 14.9 Å². The van der Waals surface area contributed by atoms with Crippen LogP contribution in [0.3, 0.4) is 0 Å². The summed E-state index contributed by atoms with van der Waals surface area (Å²) < 4.78 is 6.27. The molecule has 0 saturated heterocycles. The first-order chi connectivity index (χ1) is 19.8. The molecule has 226 valence electrons. The van der Waals surface area contributed by atoms with Crippen LogP contribution < -0.4 is 4.74 Å². The standard InChI is InChI=1S/C38H50O3S/c1-9-15-27-17-19-34(39)30(23-27)31-24-28(16-10-2)18-20-35(31)41-21-13-11-12-14-22-42-29-25-32(37(3,4)5)36(40)33(26-29)38(6,7)8/h9-10,17-20,23-26,39-40H,1-2,11-16,21-22H2,3-8H3. The molecule has 2 N–H and O–H groups in total. The lowest BCUT2D eigenvalue weighted by molar-refractivity contribution is 0.306. The number of thioether (sulfide) groups is 1. The molecule has 3 rings (SSSR count). The lowest BCUT2D eigenvalue weighted by atomic mass is 9.79. The molecule has 3 aromatic carbocycles. The molecule has 0 aromatic heterocycles. The molecule has 0 aliphatic rings. The van der Waals surface area contributed by atoms with Crippen molar-refractivity contribution < 1.29 is 14.9 Å². The molecule has 42 heavy (non-hydrogen) atoms. The van der Waals surface area contributed by atoms with Crippen LogP contribution in [0, 0.1) is 0 Å². The van der Waals surface area contributed by atoms with Gasteiger partial charge in [-0.25, -0.2) is 0 Å². The van der Waals surface area contributed by atoms with E-state index in [0.717, 1.165) is 83.4 Å². The average Bonchev–Trinajstić information content (AvgIpc) is 2.91. The second-order valence-electron chi connectivity index (χ2n) is 13.1. The van der Waals surface area contributed by atoms with E-state index in [1.165, 1.54) is 4.90 Å². The van der Waals surface area contributed by atoms with E-state index in [1.54, 1.807) is 6.07 Å². The maximum Gasteiger partial charge on any atom is 0.127 e. The minimum Gasteiger partial charge on any atom is -0.507 e.